The molecule has 0 spiro atoms. The van der Waals surface area contributed by atoms with Gasteiger partial charge in [-0.1, -0.05) is 100 Å². The van der Waals surface area contributed by atoms with Crippen molar-refractivity contribution in [2.45, 2.75) is 94.4 Å². The molecule has 190 valence electrons. The first-order valence-corrected chi connectivity index (χ1v) is 12.8. The van der Waals surface area contributed by atoms with Crippen molar-refractivity contribution < 1.29 is 14.3 Å². The lowest BCUT2D eigenvalue weighted by molar-refractivity contribution is -0.117. The smallest absolute Gasteiger partial charge is 0.129 e. The van der Waals surface area contributed by atoms with E-state index in [1.807, 2.05) is 45.0 Å². The van der Waals surface area contributed by atoms with E-state index >= 15 is 0 Å². The minimum Gasteiger partial charge on any atom is -0.497 e. The van der Waals surface area contributed by atoms with Gasteiger partial charge in [-0.15, -0.1) is 0 Å². The summed E-state index contributed by atoms with van der Waals surface area (Å²) in [6.07, 6.45) is 6.08. The average molecular weight is 526 g/mol. The SMILES string of the molecule is CC.CC=O.CCC.CCCC(C)=O.CCCc1ccc(OC)cc1.Cc1ccc(Br)cc1. The second-order valence-corrected chi connectivity index (χ2v) is 7.70. The summed E-state index contributed by atoms with van der Waals surface area (Å²) in [5.41, 5.74) is 2.68. The van der Waals surface area contributed by atoms with Crippen LogP contribution < -0.4 is 4.74 Å². The summed E-state index contributed by atoms with van der Waals surface area (Å²) in [4.78, 5) is 18.8. The molecule has 0 radical (unpaired) electrons. The van der Waals surface area contributed by atoms with Gasteiger partial charge in [0.25, 0.3) is 0 Å². The number of aldehydes is 1. The number of carbonyl (C=O) groups is 2. The molecule has 0 aliphatic heterocycles. The summed E-state index contributed by atoms with van der Waals surface area (Å²) in [6.45, 7) is 17.6. The molecule has 2 aromatic rings. The summed E-state index contributed by atoms with van der Waals surface area (Å²) in [7, 11) is 1.69. The quantitative estimate of drug-likeness (QED) is 0.365. The number of methoxy groups -OCH3 is 1. The van der Waals surface area contributed by atoms with Gasteiger partial charge in [0.15, 0.2) is 0 Å². The molecule has 0 atom stereocenters. The Morgan fingerprint density at radius 1 is 0.909 bits per heavy atom. The molecular formula is C29H49BrO3. The number of rotatable bonds is 5. The number of ether oxygens (including phenoxy) is 1. The van der Waals surface area contributed by atoms with Crippen LogP contribution in [-0.2, 0) is 16.0 Å². The third-order valence-electron chi connectivity index (χ3n) is 3.31. The number of benzene rings is 2. The lowest BCUT2D eigenvalue weighted by atomic mass is 10.1. The molecular weight excluding hydrogens is 476 g/mol. The first-order valence-electron chi connectivity index (χ1n) is 12.0. The number of ketones is 1. The largest absolute Gasteiger partial charge is 0.497 e. The minimum absolute atomic E-state index is 0.289. The van der Waals surface area contributed by atoms with Gasteiger partial charge >= 0.3 is 0 Å². The lowest BCUT2D eigenvalue weighted by Gasteiger charge is -2.00. The van der Waals surface area contributed by atoms with Gasteiger partial charge in [0.2, 0.25) is 0 Å². The molecule has 2 rings (SSSR count). The topological polar surface area (TPSA) is 43.4 Å². The van der Waals surface area contributed by atoms with E-state index in [0.717, 1.165) is 35.8 Å². The molecule has 33 heavy (non-hydrogen) atoms. The van der Waals surface area contributed by atoms with Crippen LogP contribution in [0.1, 0.15) is 92.2 Å². The summed E-state index contributed by atoms with van der Waals surface area (Å²) < 4.78 is 6.19. The van der Waals surface area contributed by atoms with Crippen LogP contribution in [0.15, 0.2) is 53.0 Å². The van der Waals surface area contributed by atoms with Crippen molar-refractivity contribution in [1.29, 1.82) is 0 Å². The number of halogens is 1. The first kappa shape index (κ1) is 38.3. The Balaban J connectivity index is -0.000000170. The Labute approximate surface area is 213 Å². The fraction of sp³-hybridized carbons (Fsp3) is 0.517. The summed E-state index contributed by atoms with van der Waals surface area (Å²) in [5, 5.41) is 0. The van der Waals surface area contributed by atoms with Gasteiger partial charge in [-0.2, -0.15) is 0 Å². The molecule has 0 amide bonds. The van der Waals surface area contributed by atoms with E-state index in [1.54, 1.807) is 14.0 Å². The highest BCUT2D eigenvalue weighted by Crippen LogP contribution is 2.12. The van der Waals surface area contributed by atoms with E-state index in [0.29, 0.717) is 0 Å². The maximum absolute atomic E-state index is 10.0. The van der Waals surface area contributed by atoms with E-state index in [1.165, 1.54) is 30.9 Å². The molecule has 0 unspecified atom stereocenters. The maximum Gasteiger partial charge on any atom is 0.129 e. The van der Waals surface area contributed by atoms with Crippen molar-refractivity contribution in [3.05, 3.63) is 64.1 Å². The van der Waals surface area contributed by atoms with Gasteiger partial charge in [0.05, 0.1) is 7.11 Å². The Kier molecular flexibility index (Phi) is 37.4. The van der Waals surface area contributed by atoms with Gasteiger partial charge in [-0.05, 0) is 63.4 Å². The van der Waals surface area contributed by atoms with Crippen LogP contribution in [0.2, 0.25) is 0 Å². The fourth-order valence-corrected chi connectivity index (χ4v) is 2.23. The van der Waals surface area contributed by atoms with Crippen LogP contribution in [0.3, 0.4) is 0 Å². The van der Waals surface area contributed by atoms with Crippen molar-refractivity contribution in [2.24, 2.45) is 0 Å². The average Bonchev–Trinajstić information content (AvgIpc) is 2.80. The standard InChI is InChI=1S/C10H14O.C7H7Br.C5H10O.C3H8.C2H4O.C2H6/c1-3-4-9-5-7-10(11-2)8-6-9;1-6-2-4-7(8)5-3-6;1-3-4-5(2)6;1-3-2;1-2-3;1-2/h5-8H,3-4H2,1-2H3;2-5H,1H3;3-4H2,1-2H3;3H2,1-2H3;2H,1H3;1-2H3. The third-order valence-corrected chi connectivity index (χ3v) is 3.84. The van der Waals surface area contributed by atoms with Crippen LogP contribution in [0.4, 0.5) is 0 Å². The molecule has 0 saturated heterocycles. The van der Waals surface area contributed by atoms with Gasteiger partial charge in [0, 0.05) is 10.9 Å². The van der Waals surface area contributed by atoms with Gasteiger partial charge in [0.1, 0.15) is 17.8 Å². The second-order valence-electron chi connectivity index (χ2n) is 6.79. The van der Waals surface area contributed by atoms with Crippen molar-refractivity contribution in [1.82, 2.24) is 0 Å². The van der Waals surface area contributed by atoms with Crippen LogP contribution in [0, 0.1) is 6.92 Å². The lowest BCUT2D eigenvalue weighted by Crippen LogP contribution is -1.84. The molecule has 3 nitrogen and oxygen atoms in total. The Morgan fingerprint density at radius 3 is 1.58 bits per heavy atom. The van der Waals surface area contributed by atoms with E-state index in [2.05, 4.69) is 67.9 Å². The van der Waals surface area contributed by atoms with E-state index in [4.69, 9.17) is 9.53 Å². The van der Waals surface area contributed by atoms with Gasteiger partial charge < -0.3 is 14.3 Å². The molecule has 0 aliphatic rings. The fourth-order valence-electron chi connectivity index (χ4n) is 1.97. The minimum atomic E-state index is 0.289. The number of Topliss-reactive ketones (excluding diaryl/α,β-unsaturated/α-hetero) is 1. The zero-order valence-electron chi connectivity index (χ0n) is 22.8. The highest BCUT2D eigenvalue weighted by Gasteiger charge is 1.91. The highest BCUT2D eigenvalue weighted by molar-refractivity contribution is 9.10. The normalized spacial score (nSPS) is 8.09. The molecule has 0 aliphatic carbocycles. The van der Waals surface area contributed by atoms with Crippen LogP contribution in [-0.4, -0.2) is 19.2 Å². The number of aryl methyl sites for hydroxylation is 2. The molecule has 0 aromatic heterocycles. The van der Waals surface area contributed by atoms with Crippen molar-refractivity contribution in [2.75, 3.05) is 7.11 Å². The molecule has 0 bridgehead atoms. The zero-order valence-corrected chi connectivity index (χ0v) is 24.4. The Morgan fingerprint density at radius 2 is 1.33 bits per heavy atom. The van der Waals surface area contributed by atoms with Crippen molar-refractivity contribution in [3.8, 4) is 5.75 Å². The summed E-state index contributed by atoms with van der Waals surface area (Å²) >= 11 is 3.35. The monoisotopic (exact) mass is 524 g/mol. The molecule has 0 fully saturated rings. The predicted octanol–water partition coefficient (Wildman–Crippen LogP) is 9.43. The maximum atomic E-state index is 10.0. The van der Waals surface area contributed by atoms with Crippen LogP contribution in [0.5, 0.6) is 5.75 Å². The van der Waals surface area contributed by atoms with Crippen molar-refractivity contribution in [3.63, 3.8) is 0 Å². The second kappa shape index (κ2) is 32.2. The van der Waals surface area contributed by atoms with Crippen LogP contribution >= 0.6 is 15.9 Å². The zero-order chi connectivity index (χ0) is 26.5. The third kappa shape index (κ3) is 34.9. The van der Waals surface area contributed by atoms with Crippen LogP contribution in [0.25, 0.3) is 0 Å². The number of hydrogen-bond acceptors (Lipinski definition) is 3. The molecule has 0 saturated carbocycles. The summed E-state index contributed by atoms with van der Waals surface area (Å²) in [5.74, 6) is 1.22. The number of hydrogen-bond donors (Lipinski definition) is 0. The first-order chi connectivity index (χ1) is 15.7. The highest BCUT2D eigenvalue weighted by atomic mass is 79.9. The Bertz CT molecular complexity index is 614. The van der Waals surface area contributed by atoms with E-state index in [9.17, 15) is 4.79 Å². The van der Waals surface area contributed by atoms with Gasteiger partial charge in [-0.25, -0.2) is 0 Å². The molecule has 0 heterocycles. The van der Waals surface area contributed by atoms with E-state index in [-0.39, 0.29) is 5.78 Å². The van der Waals surface area contributed by atoms with Crippen molar-refractivity contribution >= 4 is 28.0 Å². The predicted molar refractivity (Wildman–Crippen MR) is 151 cm³/mol. The molecule has 2 aromatic carbocycles. The van der Waals surface area contributed by atoms with Gasteiger partial charge in [-0.3, -0.25) is 0 Å². The molecule has 0 N–H and O–H groups in total. The molecule has 4 heteroatoms. The van der Waals surface area contributed by atoms with E-state index < -0.39 is 0 Å². The number of carbonyl (C=O) groups excluding carboxylic acids is 2. The summed E-state index contributed by atoms with van der Waals surface area (Å²) in [6, 6.07) is 16.5. The Hall–Kier alpha value is -1.94.